The van der Waals surface area contributed by atoms with Crippen LogP contribution in [0, 0.1) is 6.07 Å². The normalized spacial score (nSPS) is 10.7. The van der Waals surface area contributed by atoms with E-state index in [1.807, 2.05) is 36.5 Å². The quantitative estimate of drug-likeness (QED) is 0.596. The van der Waals surface area contributed by atoms with Gasteiger partial charge in [0.15, 0.2) is 0 Å². The summed E-state index contributed by atoms with van der Waals surface area (Å²) in [4.78, 5) is 4.37. The van der Waals surface area contributed by atoms with Gasteiger partial charge in [0.25, 0.3) is 0 Å². The zero-order valence-electron chi connectivity index (χ0n) is 7.97. The zero-order valence-corrected chi connectivity index (χ0v) is 8.79. The van der Waals surface area contributed by atoms with E-state index in [9.17, 15) is 0 Å². The first-order valence-corrected chi connectivity index (χ1v) is 5.62. The summed E-state index contributed by atoms with van der Waals surface area (Å²) < 4.78 is 1.28. The lowest BCUT2D eigenvalue weighted by Crippen LogP contribution is -1.81. The summed E-state index contributed by atoms with van der Waals surface area (Å²) in [5, 5.41) is 3.34. The molecule has 0 amide bonds. The Hall–Kier alpha value is -1.67. The Bertz CT molecular complexity index is 584. The van der Waals surface area contributed by atoms with Gasteiger partial charge in [0.05, 0.1) is 5.69 Å². The molecular weight excluding hydrogens is 202 g/mol. The maximum Gasteiger partial charge on any atom is 0.0716 e. The van der Waals surface area contributed by atoms with E-state index in [2.05, 4.69) is 22.5 Å². The fourth-order valence-electron chi connectivity index (χ4n) is 1.64. The highest BCUT2D eigenvalue weighted by molar-refractivity contribution is 7.17. The first-order chi connectivity index (χ1) is 7.45. The molecule has 0 aliphatic carbocycles. The van der Waals surface area contributed by atoms with Crippen LogP contribution >= 0.6 is 11.3 Å². The molecule has 0 atom stereocenters. The first kappa shape index (κ1) is 8.62. The Labute approximate surface area is 92.0 Å². The van der Waals surface area contributed by atoms with Crippen LogP contribution in [0.2, 0.25) is 0 Å². The molecule has 1 radical (unpaired) electrons. The minimum Gasteiger partial charge on any atom is -0.256 e. The van der Waals surface area contributed by atoms with Gasteiger partial charge in [0, 0.05) is 16.5 Å². The first-order valence-electron chi connectivity index (χ1n) is 4.74. The number of pyridine rings is 1. The molecule has 2 heterocycles. The maximum atomic E-state index is 4.37. The van der Waals surface area contributed by atoms with Crippen LogP contribution in [-0.2, 0) is 0 Å². The molecule has 3 aromatic rings. The molecule has 71 valence electrons. The van der Waals surface area contributed by atoms with Gasteiger partial charge in [-0.15, -0.1) is 11.3 Å². The second kappa shape index (κ2) is 3.48. The predicted molar refractivity (Wildman–Crippen MR) is 63.9 cm³/mol. The van der Waals surface area contributed by atoms with Crippen LogP contribution in [0.15, 0.2) is 48.0 Å². The Morgan fingerprint density at radius 3 is 3.00 bits per heavy atom. The zero-order chi connectivity index (χ0) is 10.1. The molecule has 1 nitrogen and oxygen atoms in total. The van der Waals surface area contributed by atoms with Crippen LogP contribution < -0.4 is 0 Å². The largest absolute Gasteiger partial charge is 0.256 e. The fraction of sp³-hybridized carbons (Fsp3) is 0. The van der Waals surface area contributed by atoms with E-state index in [0.717, 1.165) is 5.69 Å². The van der Waals surface area contributed by atoms with Crippen molar-refractivity contribution in [2.45, 2.75) is 0 Å². The van der Waals surface area contributed by atoms with Crippen molar-refractivity contribution in [1.82, 2.24) is 4.98 Å². The third-order valence-corrected chi connectivity index (χ3v) is 3.31. The van der Waals surface area contributed by atoms with Crippen molar-refractivity contribution in [3.05, 3.63) is 54.0 Å². The van der Waals surface area contributed by atoms with Gasteiger partial charge in [-0.2, -0.15) is 0 Å². The van der Waals surface area contributed by atoms with Crippen LogP contribution in [0.5, 0.6) is 0 Å². The van der Waals surface area contributed by atoms with Gasteiger partial charge in [0.2, 0.25) is 0 Å². The highest BCUT2D eigenvalue weighted by Crippen LogP contribution is 2.30. The topological polar surface area (TPSA) is 12.9 Å². The van der Waals surface area contributed by atoms with E-state index in [1.165, 1.54) is 15.6 Å². The molecule has 0 saturated heterocycles. The van der Waals surface area contributed by atoms with Crippen LogP contribution in [0.3, 0.4) is 0 Å². The molecule has 1 aromatic carbocycles. The van der Waals surface area contributed by atoms with E-state index in [4.69, 9.17) is 0 Å². The van der Waals surface area contributed by atoms with Crippen LogP contribution in [-0.4, -0.2) is 4.98 Å². The predicted octanol–water partition coefficient (Wildman–Crippen LogP) is 3.76. The summed E-state index contributed by atoms with van der Waals surface area (Å²) in [5.41, 5.74) is 2.19. The summed E-state index contributed by atoms with van der Waals surface area (Å²) in [6.07, 6.45) is 1.82. The number of benzene rings is 1. The van der Waals surface area contributed by atoms with Crippen molar-refractivity contribution in [1.29, 1.82) is 0 Å². The second-order valence-corrected chi connectivity index (χ2v) is 4.21. The minimum absolute atomic E-state index is 1.02. The van der Waals surface area contributed by atoms with Crippen molar-refractivity contribution in [3.8, 4) is 11.3 Å². The minimum atomic E-state index is 1.02. The third kappa shape index (κ3) is 1.43. The Balaban J connectivity index is 2.31. The van der Waals surface area contributed by atoms with Gasteiger partial charge >= 0.3 is 0 Å². The Morgan fingerprint density at radius 1 is 1.13 bits per heavy atom. The lowest BCUT2D eigenvalue weighted by molar-refractivity contribution is 1.33. The molecule has 0 aliphatic rings. The highest BCUT2D eigenvalue weighted by Gasteiger charge is 2.04. The van der Waals surface area contributed by atoms with Gasteiger partial charge in [-0.05, 0) is 47.2 Å². The number of hydrogen-bond donors (Lipinski definition) is 0. The Morgan fingerprint density at radius 2 is 2.13 bits per heavy atom. The van der Waals surface area contributed by atoms with E-state index in [1.54, 1.807) is 11.3 Å². The smallest absolute Gasteiger partial charge is 0.0716 e. The molecule has 0 aliphatic heterocycles. The molecular formula is C13H8NS. The molecule has 0 bridgehead atoms. The van der Waals surface area contributed by atoms with Gasteiger partial charge in [-0.3, -0.25) is 4.98 Å². The van der Waals surface area contributed by atoms with Crippen molar-refractivity contribution >= 4 is 21.4 Å². The molecule has 0 N–H and O–H groups in total. The third-order valence-electron chi connectivity index (χ3n) is 2.35. The van der Waals surface area contributed by atoms with E-state index < -0.39 is 0 Å². The van der Waals surface area contributed by atoms with Gasteiger partial charge < -0.3 is 0 Å². The maximum absolute atomic E-state index is 4.37. The van der Waals surface area contributed by atoms with Gasteiger partial charge in [0.1, 0.15) is 0 Å². The summed E-state index contributed by atoms with van der Waals surface area (Å²) in [7, 11) is 0. The Kier molecular flexibility index (Phi) is 2.00. The summed E-state index contributed by atoms with van der Waals surface area (Å²) in [6, 6.07) is 15.3. The van der Waals surface area contributed by atoms with E-state index in [0.29, 0.717) is 0 Å². The van der Waals surface area contributed by atoms with Crippen molar-refractivity contribution in [3.63, 3.8) is 0 Å². The number of hydrogen-bond acceptors (Lipinski definition) is 2. The summed E-state index contributed by atoms with van der Waals surface area (Å²) in [5.74, 6) is 0. The lowest BCUT2D eigenvalue weighted by atomic mass is 10.1. The molecule has 0 saturated carbocycles. The summed E-state index contributed by atoms with van der Waals surface area (Å²) >= 11 is 1.75. The fourth-order valence-corrected chi connectivity index (χ4v) is 2.55. The molecule has 0 unspecified atom stereocenters. The summed E-state index contributed by atoms with van der Waals surface area (Å²) in [6.45, 7) is 0. The molecule has 0 fully saturated rings. The highest BCUT2D eigenvalue weighted by atomic mass is 32.1. The van der Waals surface area contributed by atoms with Gasteiger partial charge in [-0.1, -0.05) is 6.07 Å². The SMILES string of the molecule is [c]1cc(-c2ccccn2)c2sccc2c1. The van der Waals surface area contributed by atoms with Crippen molar-refractivity contribution < 1.29 is 0 Å². The van der Waals surface area contributed by atoms with Crippen LogP contribution in [0.1, 0.15) is 0 Å². The number of nitrogens with zero attached hydrogens (tertiary/aromatic N) is 1. The number of fused-ring (bicyclic) bond motifs is 1. The van der Waals surface area contributed by atoms with E-state index in [-0.39, 0.29) is 0 Å². The number of rotatable bonds is 1. The molecule has 0 spiro atoms. The van der Waals surface area contributed by atoms with Crippen LogP contribution in [0.4, 0.5) is 0 Å². The second-order valence-electron chi connectivity index (χ2n) is 3.29. The average molecular weight is 210 g/mol. The number of thiophene rings is 1. The van der Waals surface area contributed by atoms with Crippen molar-refractivity contribution in [2.75, 3.05) is 0 Å². The molecule has 3 rings (SSSR count). The molecule has 2 heteroatoms. The van der Waals surface area contributed by atoms with Crippen molar-refractivity contribution in [2.24, 2.45) is 0 Å². The van der Waals surface area contributed by atoms with E-state index >= 15 is 0 Å². The average Bonchev–Trinajstić information content (AvgIpc) is 2.78. The lowest BCUT2D eigenvalue weighted by Gasteiger charge is -2.00. The van der Waals surface area contributed by atoms with Gasteiger partial charge in [-0.25, -0.2) is 0 Å². The monoisotopic (exact) mass is 210 g/mol. The number of aromatic nitrogens is 1. The molecule has 2 aromatic heterocycles. The molecule has 15 heavy (non-hydrogen) atoms. The standard InChI is InChI=1S/C13H8NS/c1-2-8-14-12(6-1)11-5-3-4-10-7-9-15-13(10)11/h1-2,4-9H. The van der Waals surface area contributed by atoms with Crippen LogP contribution in [0.25, 0.3) is 21.3 Å².